The molecular weight excluding hydrogens is 295 g/mol. The number of amides is 1. The molecule has 0 aliphatic rings. The Kier molecular flexibility index (Phi) is 4.65. The minimum absolute atomic E-state index is 0.0233. The zero-order chi connectivity index (χ0) is 15.4. The van der Waals surface area contributed by atoms with Gasteiger partial charge in [-0.05, 0) is 35.9 Å². The van der Waals surface area contributed by atoms with Crippen molar-refractivity contribution in [3.05, 3.63) is 52.8 Å². The molecule has 0 aliphatic carbocycles. The van der Waals surface area contributed by atoms with Crippen molar-refractivity contribution in [1.29, 1.82) is 0 Å². The molecule has 0 atom stereocenters. The van der Waals surface area contributed by atoms with Gasteiger partial charge in [0.15, 0.2) is 0 Å². The van der Waals surface area contributed by atoms with Crippen molar-refractivity contribution >= 4 is 28.9 Å². The molecule has 0 saturated carbocycles. The molecule has 0 fully saturated rings. The number of hydrogen-bond donors (Lipinski definition) is 3. The average molecular weight is 309 g/mol. The molecule has 0 heterocycles. The minimum Gasteiger partial charge on any atom is -0.506 e. The van der Waals surface area contributed by atoms with Crippen molar-refractivity contribution in [1.82, 2.24) is 0 Å². The fourth-order valence-corrected chi connectivity index (χ4v) is 1.99. The molecule has 6 heteroatoms. The van der Waals surface area contributed by atoms with Crippen molar-refractivity contribution in [3.8, 4) is 5.75 Å². The lowest BCUT2D eigenvalue weighted by Gasteiger charge is -2.10. The zero-order valence-corrected chi connectivity index (χ0v) is 12.0. The van der Waals surface area contributed by atoms with Crippen LogP contribution in [0.15, 0.2) is 36.4 Å². The smallest absolute Gasteiger partial charge is 0.221 e. The van der Waals surface area contributed by atoms with Gasteiger partial charge in [0.1, 0.15) is 11.6 Å². The fourth-order valence-electron chi connectivity index (χ4n) is 1.79. The van der Waals surface area contributed by atoms with E-state index in [1.165, 1.54) is 25.1 Å². The first-order valence-electron chi connectivity index (χ1n) is 6.24. The van der Waals surface area contributed by atoms with Gasteiger partial charge in [-0.3, -0.25) is 4.79 Å². The van der Waals surface area contributed by atoms with Gasteiger partial charge in [-0.1, -0.05) is 17.7 Å². The second kappa shape index (κ2) is 6.45. The van der Waals surface area contributed by atoms with E-state index in [0.717, 1.165) is 5.56 Å². The monoisotopic (exact) mass is 308 g/mol. The Balaban J connectivity index is 2.09. The third-order valence-corrected chi connectivity index (χ3v) is 3.09. The largest absolute Gasteiger partial charge is 0.506 e. The second-order valence-corrected chi connectivity index (χ2v) is 4.92. The SMILES string of the molecule is CC(=O)Nc1cc(NCc2ccc(O)c(Cl)c2)ccc1F. The Morgan fingerprint density at radius 2 is 2.05 bits per heavy atom. The summed E-state index contributed by atoms with van der Waals surface area (Å²) in [5.74, 6) is -0.810. The van der Waals surface area contributed by atoms with Crippen molar-refractivity contribution in [2.75, 3.05) is 10.6 Å². The van der Waals surface area contributed by atoms with E-state index >= 15 is 0 Å². The first-order chi connectivity index (χ1) is 9.95. The van der Waals surface area contributed by atoms with Gasteiger partial charge in [-0.2, -0.15) is 0 Å². The van der Waals surface area contributed by atoms with E-state index in [4.69, 9.17) is 11.6 Å². The number of halogens is 2. The molecular formula is C15H14ClFN2O2. The summed E-state index contributed by atoms with van der Waals surface area (Å²) < 4.78 is 13.5. The first kappa shape index (κ1) is 15.1. The van der Waals surface area contributed by atoms with Gasteiger partial charge >= 0.3 is 0 Å². The van der Waals surface area contributed by atoms with Crippen LogP contribution in [0.1, 0.15) is 12.5 Å². The van der Waals surface area contributed by atoms with E-state index in [2.05, 4.69) is 10.6 Å². The molecule has 0 saturated heterocycles. The van der Waals surface area contributed by atoms with E-state index in [1.54, 1.807) is 18.2 Å². The summed E-state index contributed by atoms with van der Waals surface area (Å²) in [6.07, 6.45) is 0. The number of phenolic OH excluding ortho intramolecular Hbond substituents is 1. The van der Waals surface area contributed by atoms with Crippen LogP contribution >= 0.6 is 11.6 Å². The number of nitrogens with one attached hydrogen (secondary N) is 2. The number of aromatic hydroxyl groups is 1. The van der Waals surface area contributed by atoms with Crippen molar-refractivity contribution in [3.63, 3.8) is 0 Å². The second-order valence-electron chi connectivity index (χ2n) is 4.52. The van der Waals surface area contributed by atoms with Gasteiger partial charge in [0.05, 0.1) is 10.7 Å². The van der Waals surface area contributed by atoms with Crippen LogP contribution in [0, 0.1) is 5.82 Å². The van der Waals surface area contributed by atoms with Gasteiger partial charge in [0, 0.05) is 19.2 Å². The maximum atomic E-state index is 13.5. The summed E-state index contributed by atoms with van der Waals surface area (Å²) in [5.41, 5.74) is 1.64. The molecule has 0 bridgehead atoms. The van der Waals surface area contributed by atoms with E-state index in [-0.39, 0.29) is 22.4 Å². The molecule has 2 rings (SSSR count). The van der Waals surface area contributed by atoms with Gasteiger partial charge in [0.25, 0.3) is 0 Å². The van der Waals surface area contributed by atoms with Gasteiger partial charge in [0.2, 0.25) is 5.91 Å². The Labute approximate surface area is 126 Å². The van der Waals surface area contributed by atoms with Crippen molar-refractivity contribution in [2.24, 2.45) is 0 Å². The number of rotatable bonds is 4. The summed E-state index contributed by atoms with van der Waals surface area (Å²) in [6.45, 7) is 1.77. The van der Waals surface area contributed by atoms with E-state index in [9.17, 15) is 14.3 Å². The van der Waals surface area contributed by atoms with Gasteiger partial charge in [-0.15, -0.1) is 0 Å². The van der Waals surface area contributed by atoms with Crippen LogP contribution in [0.5, 0.6) is 5.75 Å². The predicted molar refractivity (Wildman–Crippen MR) is 81.1 cm³/mol. The molecule has 0 unspecified atom stereocenters. The number of benzene rings is 2. The van der Waals surface area contributed by atoms with Crippen LogP contribution in [0.25, 0.3) is 0 Å². The minimum atomic E-state index is -0.497. The molecule has 0 spiro atoms. The number of carbonyl (C=O) groups excluding carboxylic acids is 1. The molecule has 0 radical (unpaired) electrons. The number of carbonyl (C=O) groups is 1. The van der Waals surface area contributed by atoms with Crippen LogP contribution in [0.4, 0.5) is 15.8 Å². The lowest BCUT2D eigenvalue weighted by molar-refractivity contribution is -0.114. The fraction of sp³-hybridized carbons (Fsp3) is 0.133. The maximum absolute atomic E-state index is 13.5. The molecule has 3 N–H and O–H groups in total. The third-order valence-electron chi connectivity index (χ3n) is 2.79. The lowest BCUT2D eigenvalue weighted by atomic mass is 10.2. The van der Waals surface area contributed by atoms with Crippen LogP contribution in [0.2, 0.25) is 5.02 Å². The van der Waals surface area contributed by atoms with E-state index in [0.29, 0.717) is 12.2 Å². The van der Waals surface area contributed by atoms with Crippen LogP contribution < -0.4 is 10.6 Å². The summed E-state index contributed by atoms with van der Waals surface area (Å²) in [6, 6.07) is 9.24. The van der Waals surface area contributed by atoms with Crippen LogP contribution in [0.3, 0.4) is 0 Å². The van der Waals surface area contributed by atoms with Crippen molar-refractivity contribution < 1.29 is 14.3 Å². The highest BCUT2D eigenvalue weighted by Crippen LogP contribution is 2.25. The Bertz CT molecular complexity index is 677. The van der Waals surface area contributed by atoms with Crippen LogP contribution in [-0.4, -0.2) is 11.0 Å². The Hall–Kier alpha value is -2.27. The lowest BCUT2D eigenvalue weighted by Crippen LogP contribution is -2.08. The molecule has 4 nitrogen and oxygen atoms in total. The highest BCUT2D eigenvalue weighted by atomic mass is 35.5. The highest BCUT2D eigenvalue weighted by molar-refractivity contribution is 6.32. The summed E-state index contributed by atoms with van der Waals surface area (Å²) in [4.78, 5) is 11.0. The quantitative estimate of drug-likeness (QED) is 0.806. The molecule has 21 heavy (non-hydrogen) atoms. The number of hydrogen-bond acceptors (Lipinski definition) is 3. The van der Waals surface area contributed by atoms with Gasteiger partial charge in [-0.25, -0.2) is 4.39 Å². The molecule has 0 aromatic heterocycles. The Morgan fingerprint density at radius 1 is 1.29 bits per heavy atom. The highest BCUT2D eigenvalue weighted by Gasteiger charge is 2.05. The predicted octanol–water partition coefficient (Wildman–Crippen LogP) is 3.76. The first-order valence-corrected chi connectivity index (χ1v) is 6.62. The summed E-state index contributed by atoms with van der Waals surface area (Å²) in [5, 5.41) is 15.1. The molecule has 1 amide bonds. The summed E-state index contributed by atoms with van der Waals surface area (Å²) in [7, 11) is 0. The van der Waals surface area contributed by atoms with E-state index < -0.39 is 5.82 Å². The number of phenols is 1. The maximum Gasteiger partial charge on any atom is 0.221 e. The number of anilines is 2. The van der Waals surface area contributed by atoms with Crippen molar-refractivity contribution in [2.45, 2.75) is 13.5 Å². The normalized spacial score (nSPS) is 10.2. The zero-order valence-electron chi connectivity index (χ0n) is 11.3. The summed E-state index contributed by atoms with van der Waals surface area (Å²) >= 11 is 5.82. The third kappa shape index (κ3) is 4.10. The standard InChI is InChI=1S/C15H14ClFN2O2/c1-9(20)19-14-7-11(3-4-13(14)17)18-8-10-2-5-15(21)12(16)6-10/h2-7,18,21H,8H2,1H3,(H,19,20). The van der Waals surface area contributed by atoms with E-state index in [1.807, 2.05) is 0 Å². The average Bonchev–Trinajstić information content (AvgIpc) is 2.43. The molecule has 2 aromatic rings. The van der Waals surface area contributed by atoms with Gasteiger partial charge < -0.3 is 15.7 Å². The Morgan fingerprint density at radius 3 is 2.71 bits per heavy atom. The molecule has 110 valence electrons. The molecule has 2 aromatic carbocycles. The van der Waals surface area contributed by atoms with Crippen LogP contribution in [-0.2, 0) is 11.3 Å². The topological polar surface area (TPSA) is 61.4 Å². The molecule has 0 aliphatic heterocycles.